The smallest absolute Gasteiger partial charge is 0.235 e. The Morgan fingerprint density at radius 3 is 2.81 bits per heavy atom. The van der Waals surface area contributed by atoms with Crippen LogP contribution < -0.4 is 5.32 Å². The minimum Gasteiger partial charge on any atom is -0.310 e. The van der Waals surface area contributed by atoms with Gasteiger partial charge in [0.1, 0.15) is 11.6 Å². The predicted octanol–water partition coefficient (Wildman–Crippen LogP) is 3.48. The topological polar surface area (TPSA) is 64.7 Å². The second-order valence-electron chi connectivity index (χ2n) is 6.00. The average Bonchev–Trinajstić information content (AvgIpc) is 3.11. The van der Waals surface area contributed by atoms with Crippen LogP contribution in [0.2, 0.25) is 5.02 Å². The van der Waals surface area contributed by atoms with Crippen LogP contribution in [-0.4, -0.2) is 31.2 Å². The molecule has 0 fully saturated rings. The minimum atomic E-state index is -0.428. The molecule has 6 nitrogen and oxygen atoms in total. The van der Waals surface area contributed by atoms with Crippen molar-refractivity contribution in [3.63, 3.8) is 0 Å². The van der Waals surface area contributed by atoms with E-state index in [0.29, 0.717) is 22.3 Å². The highest BCUT2D eigenvalue weighted by atomic mass is 35.5. The van der Waals surface area contributed by atoms with Gasteiger partial charge in [0.25, 0.3) is 0 Å². The van der Waals surface area contributed by atoms with Crippen molar-refractivity contribution in [3.8, 4) is 5.69 Å². The molecule has 4 rings (SSSR count). The summed E-state index contributed by atoms with van der Waals surface area (Å²) in [7, 11) is 1.88. The zero-order valence-electron chi connectivity index (χ0n) is 14.0. The van der Waals surface area contributed by atoms with Crippen molar-refractivity contribution < 1.29 is 9.18 Å². The Balaban J connectivity index is 1.89. The molecule has 3 aromatic rings. The van der Waals surface area contributed by atoms with Crippen molar-refractivity contribution in [2.45, 2.75) is 12.2 Å². The largest absolute Gasteiger partial charge is 0.310 e. The molecule has 9 heteroatoms. The summed E-state index contributed by atoms with van der Waals surface area (Å²) in [6, 6.07) is 4.05. The number of hydrogen-bond acceptors (Lipinski definition) is 4. The van der Waals surface area contributed by atoms with Gasteiger partial charge in [-0.1, -0.05) is 11.6 Å². The maximum absolute atomic E-state index is 13.7. The number of hydrogen-bond donors (Lipinski definition) is 1. The molecular formula is C17H15ClFN5OS. The van der Waals surface area contributed by atoms with E-state index >= 15 is 0 Å². The quantitative estimate of drug-likeness (QED) is 0.726. The normalized spacial score (nSPS) is 16.9. The lowest BCUT2D eigenvalue weighted by Gasteiger charge is -2.14. The molecule has 0 aliphatic carbocycles. The first-order valence-electron chi connectivity index (χ1n) is 7.89. The fraction of sp³-hybridized carbons (Fsp3) is 0.235. The Morgan fingerprint density at radius 2 is 2.08 bits per heavy atom. The molecule has 1 aliphatic heterocycles. The summed E-state index contributed by atoms with van der Waals surface area (Å²) in [6.45, 7) is 1.98. The van der Waals surface area contributed by atoms with Crippen molar-refractivity contribution in [3.05, 3.63) is 58.3 Å². The number of carbonyl (C=O) groups excluding carboxylic acids is 1. The number of carbonyl (C=O) groups is 1. The summed E-state index contributed by atoms with van der Waals surface area (Å²) in [5, 5.41) is 11.8. The first kappa shape index (κ1) is 17.1. The number of fused-ring (bicyclic) bond motifs is 1. The lowest BCUT2D eigenvalue weighted by atomic mass is 10.1. The molecule has 26 heavy (non-hydrogen) atoms. The van der Waals surface area contributed by atoms with Gasteiger partial charge in [0.15, 0.2) is 0 Å². The fourth-order valence-electron chi connectivity index (χ4n) is 2.96. The van der Waals surface area contributed by atoms with E-state index in [9.17, 15) is 9.18 Å². The summed E-state index contributed by atoms with van der Waals surface area (Å²) < 4.78 is 17.0. The summed E-state index contributed by atoms with van der Waals surface area (Å²) in [6.07, 6.45) is 3.49. The molecule has 0 bridgehead atoms. The highest BCUT2D eigenvalue weighted by Crippen LogP contribution is 2.43. The maximum Gasteiger partial charge on any atom is 0.235 e. The van der Waals surface area contributed by atoms with E-state index in [4.69, 9.17) is 11.6 Å². The van der Waals surface area contributed by atoms with Crippen LogP contribution in [0.1, 0.15) is 22.1 Å². The second-order valence-corrected chi connectivity index (χ2v) is 7.50. The van der Waals surface area contributed by atoms with Gasteiger partial charge in [-0.2, -0.15) is 10.2 Å². The molecule has 1 amide bonds. The molecule has 0 spiro atoms. The summed E-state index contributed by atoms with van der Waals surface area (Å²) >= 11 is 7.74. The number of benzene rings is 1. The van der Waals surface area contributed by atoms with Gasteiger partial charge in [-0.05, 0) is 19.1 Å². The van der Waals surface area contributed by atoms with Gasteiger partial charge < -0.3 is 5.32 Å². The lowest BCUT2D eigenvalue weighted by Crippen LogP contribution is -2.16. The van der Waals surface area contributed by atoms with Crippen LogP contribution in [0, 0.1) is 12.7 Å². The van der Waals surface area contributed by atoms with Crippen LogP contribution in [0.15, 0.2) is 30.6 Å². The van der Waals surface area contributed by atoms with Crippen molar-refractivity contribution in [1.29, 1.82) is 0 Å². The zero-order valence-corrected chi connectivity index (χ0v) is 15.6. The molecule has 0 radical (unpaired) electrons. The maximum atomic E-state index is 13.7. The van der Waals surface area contributed by atoms with Gasteiger partial charge in [-0.25, -0.2) is 9.07 Å². The van der Waals surface area contributed by atoms with Gasteiger partial charge in [-0.15, -0.1) is 11.8 Å². The molecule has 1 aliphatic rings. The van der Waals surface area contributed by atoms with Crippen molar-refractivity contribution in [1.82, 2.24) is 19.6 Å². The van der Waals surface area contributed by atoms with E-state index in [2.05, 4.69) is 15.5 Å². The first-order chi connectivity index (χ1) is 12.5. The third-order valence-corrected chi connectivity index (χ3v) is 6.00. The summed E-state index contributed by atoms with van der Waals surface area (Å²) in [5.74, 6) is 0.225. The number of thioether (sulfide) groups is 1. The molecule has 0 saturated heterocycles. The minimum absolute atomic E-state index is 0.112. The van der Waals surface area contributed by atoms with Gasteiger partial charge in [-0.3, -0.25) is 9.48 Å². The molecule has 0 unspecified atom stereocenters. The Labute approximate surface area is 158 Å². The molecule has 134 valence electrons. The fourth-order valence-corrected chi connectivity index (χ4v) is 4.31. The molecule has 1 N–H and O–H groups in total. The second kappa shape index (κ2) is 6.44. The average molecular weight is 392 g/mol. The van der Waals surface area contributed by atoms with Gasteiger partial charge in [0.05, 0.1) is 34.1 Å². The number of aryl methyl sites for hydroxylation is 1. The predicted molar refractivity (Wildman–Crippen MR) is 99.4 cm³/mol. The van der Waals surface area contributed by atoms with Crippen LogP contribution in [0.5, 0.6) is 0 Å². The highest BCUT2D eigenvalue weighted by Gasteiger charge is 2.30. The Hall–Kier alpha value is -2.32. The standard InChI is InChI=1S/C17H15ClFN5OS/c1-9-11(6-20-23(9)2)16-12-7-21-24(17(12)22-15(25)8-26-16)14-5-10(19)3-4-13(14)18/h3-7,16H,8H2,1-2H3,(H,22,25)/t16-/m0/s1. The van der Waals surface area contributed by atoms with E-state index in [1.165, 1.54) is 34.6 Å². The first-order valence-corrected chi connectivity index (χ1v) is 9.31. The summed E-state index contributed by atoms with van der Waals surface area (Å²) in [4.78, 5) is 12.2. The van der Waals surface area contributed by atoms with Crippen LogP contribution in [0.4, 0.5) is 10.2 Å². The van der Waals surface area contributed by atoms with Gasteiger partial charge in [0, 0.05) is 29.9 Å². The number of nitrogens with one attached hydrogen (secondary N) is 1. The molecule has 0 saturated carbocycles. The van der Waals surface area contributed by atoms with Gasteiger partial charge >= 0.3 is 0 Å². The number of amides is 1. The Morgan fingerprint density at radius 1 is 1.31 bits per heavy atom. The monoisotopic (exact) mass is 391 g/mol. The van der Waals surface area contributed by atoms with E-state index in [0.717, 1.165) is 16.8 Å². The van der Waals surface area contributed by atoms with Crippen LogP contribution in [-0.2, 0) is 11.8 Å². The van der Waals surface area contributed by atoms with Crippen LogP contribution in [0.25, 0.3) is 5.69 Å². The number of aromatic nitrogens is 4. The van der Waals surface area contributed by atoms with E-state index in [-0.39, 0.29) is 11.2 Å². The Bertz CT molecular complexity index is 1010. The highest BCUT2D eigenvalue weighted by molar-refractivity contribution is 8.00. The van der Waals surface area contributed by atoms with E-state index in [1.807, 2.05) is 14.0 Å². The van der Waals surface area contributed by atoms with Crippen molar-refractivity contribution >= 4 is 35.1 Å². The van der Waals surface area contributed by atoms with Crippen LogP contribution >= 0.6 is 23.4 Å². The number of rotatable bonds is 2. The molecule has 2 aromatic heterocycles. The molecule has 1 atom stereocenters. The third kappa shape index (κ3) is 2.79. The van der Waals surface area contributed by atoms with E-state index in [1.54, 1.807) is 17.1 Å². The number of anilines is 1. The zero-order chi connectivity index (χ0) is 18.4. The molecule has 1 aromatic carbocycles. The molecule has 3 heterocycles. The lowest BCUT2D eigenvalue weighted by molar-refractivity contribution is -0.113. The van der Waals surface area contributed by atoms with E-state index < -0.39 is 5.82 Å². The Kier molecular flexibility index (Phi) is 4.24. The van der Waals surface area contributed by atoms with Gasteiger partial charge in [0.2, 0.25) is 5.91 Å². The molecular weight excluding hydrogens is 377 g/mol. The third-order valence-electron chi connectivity index (χ3n) is 4.41. The number of nitrogens with zero attached hydrogens (tertiary/aromatic N) is 4. The summed E-state index contributed by atoms with van der Waals surface area (Å²) in [5.41, 5.74) is 3.23. The van der Waals surface area contributed by atoms with Crippen molar-refractivity contribution in [2.75, 3.05) is 11.1 Å². The van der Waals surface area contributed by atoms with Crippen molar-refractivity contribution in [2.24, 2.45) is 7.05 Å². The number of halogens is 2. The SMILES string of the molecule is Cc1c([C@@H]2SCC(=O)Nc3c2cnn3-c2cc(F)ccc2Cl)cnn1C. The van der Waals surface area contributed by atoms with Crippen LogP contribution in [0.3, 0.4) is 0 Å².